The highest BCUT2D eigenvalue weighted by atomic mass is 32.1. The molecule has 0 aliphatic heterocycles. The zero-order valence-corrected chi connectivity index (χ0v) is 13.8. The number of hydrogen-bond donors (Lipinski definition) is 1. The summed E-state index contributed by atoms with van der Waals surface area (Å²) < 4.78 is 11.3. The summed E-state index contributed by atoms with van der Waals surface area (Å²) >= 11 is 4.54. The fraction of sp³-hybridized carbons (Fsp3) is 1.00. The average Bonchev–Trinajstić information content (AvgIpc) is 2.35. The quantitative estimate of drug-likeness (QED) is 0.447. The van der Waals surface area contributed by atoms with Gasteiger partial charge in [-0.05, 0) is 38.9 Å². The Bertz CT molecular complexity index is 199. The molecule has 0 spiro atoms. The summed E-state index contributed by atoms with van der Waals surface area (Å²) in [6, 6.07) is 0. The number of rotatable bonds is 11. The second-order valence-corrected chi connectivity index (χ2v) is 6.24. The summed E-state index contributed by atoms with van der Waals surface area (Å²) in [5, 5.41) is 0. The molecule has 0 radical (unpaired) electrons. The van der Waals surface area contributed by atoms with Gasteiger partial charge in [0, 0.05) is 19.1 Å². The lowest BCUT2D eigenvalue weighted by Crippen LogP contribution is -2.31. The van der Waals surface area contributed by atoms with Crippen molar-refractivity contribution in [1.82, 2.24) is 0 Å². The van der Waals surface area contributed by atoms with Crippen LogP contribution in [0.1, 0.15) is 59.8 Å². The van der Waals surface area contributed by atoms with Gasteiger partial charge in [0.1, 0.15) is 0 Å². The average molecular weight is 276 g/mol. The van der Waals surface area contributed by atoms with Crippen LogP contribution in [0.15, 0.2) is 0 Å². The third-order valence-electron chi connectivity index (χ3n) is 3.71. The van der Waals surface area contributed by atoms with Crippen molar-refractivity contribution < 1.29 is 9.47 Å². The molecule has 18 heavy (non-hydrogen) atoms. The molecule has 0 N–H and O–H groups in total. The smallest absolute Gasteiger partial charge is 0.0644 e. The Morgan fingerprint density at radius 3 is 1.94 bits per heavy atom. The van der Waals surface area contributed by atoms with Crippen LogP contribution in [0.4, 0.5) is 0 Å². The van der Waals surface area contributed by atoms with Crippen molar-refractivity contribution in [3.05, 3.63) is 0 Å². The fourth-order valence-electron chi connectivity index (χ4n) is 2.24. The van der Waals surface area contributed by atoms with Gasteiger partial charge in [-0.15, -0.1) is 0 Å². The highest BCUT2D eigenvalue weighted by Crippen LogP contribution is 2.31. The summed E-state index contributed by atoms with van der Waals surface area (Å²) in [7, 11) is 1.76. The van der Waals surface area contributed by atoms with Gasteiger partial charge in [0.05, 0.1) is 12.2 Å². The predicted octanol–water partition coefficient (Wildman–Crippen LogP) is 4.33. The molecule has 0 rings (SSSR count). The third-order valence-corrected chi connectivity index (χ3v) is 4.38. The van der Waals surface area contributed by atoms with Crippen LogP contribution in [0.5, 0.6) is 0 Å². The van der Waals surface area contributed by atoms with Crippen molar-refractivity contribution in [2.24, 2.45) is 5.41 Å². The van der Waals surface area contributed by atoms with Crippen LogP contribution < -0.4 is 0 Å². The van der Waals surface area contributed by atoms with Gasteiger partial charge < -0.3 is 9.47 Å². The van der Waals surface area contributed by atoms with Crippen molar-refractivity contribution in [2.75, 3.05) is 26.1 Å². The first-order valence-corrected chi connectivity index (χ1v) is 7.82. The van der Waals surface area contributed by atoms with E-state index in [1.165, 1.54) is 25.7 Å². The maximum absolute atomic E-state index is 5.90. The largest absolute Gasteiger partial charge is 0.381 e. The number of methoxy groups -OCH3 is 1. The van der Waals surface area contributed by atoms with Crippen LogP contribution in [-0.2, 0) is 9.47 Å². The molecule has 0 aliphatic rings. The Morgan fingerprint density at radius 2 is 1.56 bits per heavy atom. The Hall–Kier alpha value is 0.270. The topological polar surface area (TPSA) is 18.5 Å². The van der Waals surface area contributed by atoms with E-state index >= 15 is 0 Å². The van der Waals surface area contributed by atoms with Gasteiger partial charge in [-0.1, -0.05) is 26.7 Å². The maximum Gasteiger partial charge on any atom is 0.0644 e. The molecule has 0 aromatic rings. The molecule has 0 saturated heterocycles. The molecule has 0 bridgehead atoms. The predicted molar refractivity (Wildman–Crippen MR) is 82.6 cm³/mol. The van der Waals surface area contributed by atoms with Crippen molar-refractivity contribution in [1.29, 1.82) is 0 Å². The Kier molecular flexibility index (Phi) is 9.36. The Labute approximate surface area is 119 Å². The normalized spacial score (nSPS) is 13.0. The zero-order chi connectivity index (χ0) is 14.1. The van der Waals surface area contributed by atoms with Crippen molar-refractivity contribution in [2.45, 2.75) is 65.4 Å². The van der Waals surface area contributed by atoms with E-state index in [9.17, 15) is 0 Å². The molecule has 0 aliphatic carbocycles. The molecule has 0 heterocycles. The summed E-state index contributed by atoms with van der Waals surface area (Å²) in [6.07, 6.45) is 5.75. The number of thiol groups is 1. The Balaban J connectivity index is 4.11. The molecule has 0 atom stereocenters. The monoisotopic (exact) mass is 276 g/mol. The lowest BCUT2D eigenvalue weighted by Gasteiger charge is -2.32. The highest BCUT2D eigenvalue weighted by molar-refractivity contribution is 7.80. The molecule has 3 heteroatoms. The van der Waals surface area contributed by atoms with E-state index in [0.29, 0.717) is 0 Å². The summed E-state index contributed by atoms with van der Waals surface area (Å²) in [5.41, 5.74) is 0.183. The van der Waals surface area contributed by atoms with Gasteiger partial charge in [0.25, 0.3) is 0 Å². The lowest BCUT2D eigenvalue weighted by molar-refractivity contribution is -0.0247. The number of ether oxygens (including phenoxy) is 2. The standard InChI is InChI=1S/C15H32O2S/c1-6-8-15(13-18,9-7-2)12-17-11-10-14(3,4)16-5/h18H,6-13H2,1-5H3. The molecule has 0 fully saturated rings. The third kappa shape index (κ3) is 7.01. The molecule has 0 aromatic heterocycles. The van der Waals surface area contributed by atoms with Gasteiger partial charge in [-0.2, -0.15) is 12.6 Å². The summed E-state index contributed by atoms with van der Waals surface area (Å²) in [5.74, 6) is 0.919. The molecule has 2 nitrogen and oxygen atoms in total. The minimum Gasteiger partial charge on any atom is -0.381 e. The second kappa shape index (κ2) is 9.22. The van der Waals surface area contributed by atoms with E-state index in [2.05, 4.69) is 40.3 Å². The molecule has 0 aromatic carbocycles. The van der Waals surface area contributed by atoms with E-state index in [4.69, 9.17) is 9.47 Å². The molecule has 0 saturated carbocycles. The SMILES string of the molecule is CCCC(CS)(CCC)COCCC(C)(C)OC. The van der Waals surface area contributed by atoms with E-state index < -0.39 is 0 Å². The highest BCUT2D eigenvalue weighted by Gasteiger charge is 2.27. The van der Waals surface area contributed by atoms with Crippen LogP contribution in [0.25, 0.3) is 0 Å². The molecular formula is C15H32O2S. The minimum atomic E-state index is -0.0842. The van der Waals surface area contributed by atoms with E-state index in [-0.39, 0.29) is 11.0 Å². The van der Waals surface area contributed by atoms with Gasteiger partial charge in [0.2, 0.25) is 0 Å². The van der Waals surface area contributed by atoms with Crippen LogP contribution >= 0.6 is 12.6 Å². The van der Waals surface area contributed by atoms with E-state index in [1.807, 2.05) is 0 Å². The minimum absolute atomic E-state index is 0.0842. The van der Waals surface area contributed by atoms with Gasteiger partial charge in [-0.25, -0.2) is 0 Å². The summed E-state index contributed by atoms with van der Waals surface area (Å²) in [4.78, 5) is 0. The van der Waals surface area contributed by atoms with Gasteiger partial charge in [0.15, 0.2) is 0 Å². The molecular weight excluding hydrogens is 244 g/mol. The fourth-order valence-corrected chi connectivity index (χ4v) is 2.65. The molecule has 110 valence electrons. The lowest BCUT2D eigenvalue weighted by atomic mass is 9.82. The van der Waals surface area contributed by atoms with Gasteiger partial charge in [-0.3, -0.25) is 0 Å². The van der Waals surface area contributed by atoms with Crippen LogP contribution in [0.3, 0.4) is 0 Å². The maximum atomic E-state index is 5.90. The zero-order valence-electron chi connectivity index (χ0n) is 12.9. The summed E-state index contributed by atoms with van der Waals surface area (Å²) in [6.45, 7) is 10.3. The van der Waals surface area contributed by atoms with Crippen molar-refractivity contribution in [3.8, 4) is 0 Å². The molecule has 0 amide bonds. The van der Waals surface area contributed by atoms with E-state index in [1.54, 1.807) is 7.11 Å². The second-order valence-electron chi connectivity index (χ2n) is 5.92. The van der Waals surface area contributed by atoms with Crippen molar-refractivity contribution in [3.63, 3.8) is 0 Å². The van der Waals surface area contributed by atoms with Crippen LogP contribution in [0.2, 0.25) is 0 Å². The van der Waals surface area contributed by atoms with Crippen LogP contribution in [-0.4, -0.2) is 31.7 Å². The van der Waals surface area contributed by atoms with E-state index in [0.717, 1.165) is 25.4 Å². The Morgan fingerprint density at radius 1 is 1.00 bits per heavy atom. The molecule has 0 unspecified atom stereocenters. The first kappa shape index (κ1) is 18.3. The first-order chi connectivity index (χ1) is 8.45. The number of hydrogen-bond acceptors (Lipinski definition) is 3. The first-order valence-electron chi connectivity index (χ1n) is 7.19. The van der Waals surface area contributed by atoms with Crippen LogP contribution in [0, 0.1) is 5.41 Å². The van der Waals surface area contributed by atoms with Gasteiger partial charge >= 0.3 is 0 Å². The van der Waals surface area contributed by atoms with Crippen molar-refractivity contribution >= 4 is 12.6 Å².